The first-order valence-corrected chi connectivity index (χ1v) is 11.7. The molecule has 1 aromatic rings. The molecule has 0 amide bonds. The molecule has 166 valence electrons. The number of carbonyl (C=O) groups excluding carboxylic acids is 1. The summed E-state index contributed by atoms with van der Waals surface area (Å²) < 4.78 is 0. The number of allylic oxidation sites excluding steroid dienone is 2. The van der Waals surface area contributed by atoms with Crippen LogP contribution in [-0.4, -0.2) is 53.7 Å². The monoisotopic (exact) mass is 413 g/mol. The molecule has 4 heteroatoms. The summed E-state index contributed by atoms with van der Waals surface area (Å²) in [7, 11) is 4.23. The molecule has 3 rings (SSSR count). The first kappa shape index (κ1) is 23.2. The molecular weight excluding hydrogens is 374 g/mol. The van der Waals surface area contributed by atoms with Crippen LogP contribution in [0, 0.1) is 17.8 Å². The van der Waals surface area contributed by atoms with E-state index in [1.54, 1.807) is 0 Å². The lowest BCUT2D eigenvalue weighted by molar-refractivity contribution is -0.122. The Morgan fingerprint density at radius 1 is 1.13 bits per heavy atom. The normalized spacial score (nSPS) is 26.6. The Hall–Kier alpha value is -1.49. The van der Waals surface area contributed by atoms with Gasteiger partial charge in [-0.15, -0.1) is 0 Å². The number of Topliss-reactive ketones (excluding diaryl/α,β-unsaturated/α-hetero) is 1. The number of rotatable bonds is 12. The molecule has 5 atom stereocenters. The number of hydrogen-bond acceptors (Lipinski definition) is 4. The summed E-state index contributed by atoms with van der Waals surface area (Å²) in [5, 5.41) is 21.4. The highest BCUT2D eigenvalue weighted by Crippen LogP contribution is 2.49. The van der Waals surface area contributed by atoms with Crippen molar-refractivity contribution in [1.29, 1.82) is 0 Å². The van der Waals surface area contributed by atoms with Crippen molar-refractivity contribution < 1.29 is 15.0 Å². The second kappa shape index (κ2) is 11.2. The Bertz CT molecular complexity index is 699. The number of ketones is 1. The van der Waals surface area contributed by atoms with Crippen molar-refractivity contribution >= 4 is 5.78 Å². The van der Waals surface area contributed by atoms with Gasteiger partial charge in [0.05, 0.1) is 12.2 Å². The minimum Gasteiger partial charge on any atom is -0.393 e. The molecule has 0 spiro atoms. The second-order valence-electron chi connectivity index (χ2n) is 9.65. The van der Waals surface area contributed by atoms with E-state index in [0.29, 0.717) is 24.7 Å². The molecule has 2 aliphatic carbocycles. The average molecular weight is 414 g/mol. The number of hydrogen-bond donors (Lipinski definition) is 2. The summed E-state index contributed by atoms with van der Waals surface area (Å²) in [4.78, 5) is 14.7. The zero-order valence-electron chi connectivity index (χ0n) is 18.7. The van der Waals surface area contributed by atoms with E-state index in [4.69, 9.17) is 0 Å². The van der Waals surface area contributed by atoms with Crippen molar-refractivity contribution in [3.05, 3.63) is 47.5 Å². The minimum absolute atomic E-state index is 0.0917. The SMILES string of the molecule is CN(C)CCCCCC1=C[C@H]2C[C@@H](O)[C@H]([C@@H](O)CC(=O)CCc3ccccc3)[C@H]2C1. The average Bonchev–Trinajstić information content (AvgIpc) is 3.22. The molecule has 0 radical (unpaired) electrons. The number of benzene rings is 1. The Balaban J connectivity index is 1.43. The van der Waals surface area contributed by atoms with E-state index in [2.05, 4.69) is 25.1 Å². The topological polar surface area (TPSA) is 60.8 Å². The molecule has 2 N–H and O–H groups in total. The lowest BCUT2D eigenvalue weighted by atomic mass is 9.83. The van der Waals surface area contributed by atoms with Gasteiger partial charge in [0.15, 0.2) is 0 Å². The molecule has 2 aliphatic rings. The molecule has 4 nitrogen and oxygen atoms in total. The molecule has 0 aliphatic heterocycles. The molecule has 0 heterocycles. The van der Waals surface area contributed by atoms with Crippen LogP contribution in [0.2, 0.25) is 0 Å². The van der Waals surface area contributed by atoms with Gasteiger partial charge in [0.2, 0.25) is 0 Å². The number of aliphatic hydroxyl groups excluding tert-OH is 2. The third kappa shape index (κ3) is 6.50. The third-order valence-electron chi connectivity index (χ3n) is 6.97. The van der Waals surface area contributed by atoms with E-state index in [-0.39, 0.29) is 18.1 Å². The summed E-state index contributed by atoms with van der Waals surface area (Å²) in [5.41, 5.74) is 2.64. The number of aryl methyl sites for hydroxylation is 1. The van der Waals surface area contributed by atoms with Crippen molar-refractivity contribution in [3.63, 3.8) is 0 Å². The highest BCUT2D eigenvalue weighted by Gasteiger charge is 2.47. The van der Waals surface area contributed by atoms with Gasteiger partial charge in [-0.3, -0.25) is 4.79 Å². The van der Waals surface area contributed by atoms with E-state index in [9.17, 15) is 15.0 Å². The third-order valence-corrected chi connectivity index (χ3v) is 6.97. The van der Waals surface area contributed by atoms with Crippen LogP contribution in [0.15, 0.2) is 42.0 Å². The van der Waals surface area contributed by atoms with Crippen LogP contribution in [0.1, 0.15) is 56.9 Å². The van der Waals surface area contributed by atoms with Gasteiger partial charge in [-0.1, -0.05) is 48.4 Å². The smallest absolute Gasteiger partial charge is 0.135 e. The summed E-state index contributed by atoms with van der Waals surface area (Å²) >= 11 is 0. The van der Waals surface area contributed by atoms with Gasteiger partial charge < -0.3 is 15.1 Å². The highest BCUT2D eigenvalue weighted by molar-refractivity contribution is 5.79. The minimum atomic E-state index is -0.730. The van der Waals surface area contributed by atoms with Gasteiger partial charge in [0.1, 0.15) is 5.78 Å². The lowest BCUT2D eigenvalue weighted by Crippen LogP contribution is -2.34. The zero-order valence-corrected chi connectivity index (χ0v) is 18.7. The van der Waals surface area contributed by atoms with Crippen molar-refractivity contribution in [2.75, 3.05) is 20.6 Å². The first-order chi connectivity index (χ1) is 14.4. The van der Waals surface area contributed by atoms with Crippen molar-refractivity contribution in [2.45, 2.75) is 70.0 Å². The number of unbranched alkanes of at least 4 members (excludes halogenated alkanes) is 2. The Morgan fingerprint density at radius 3 is 2.63 bits per heavy atom. The van der Waals surface area contributed by atoms with Gasteiger partial charge in [0.25, 0.3) is 0 Å². The van der Waals surface area contributed by atoms with Crippen LogP contribution in [0.25, 0.3) is 0 Å². The number of nitrogens with zero attached hydrogens (tertiary/aromatic N) is 1. The number of carbonyl (C=O) groups is 1. The van der Waals surface area contributed by atoms with E-state index in [1.165, 1.54) is 24.8 Å². The standard InChI is InChI=1S/C26H39NO3/c1-27(2)14-8-4-7-11-20-15-21-17-24(29)26(23(21)16-20)25(30)18-22(28)13-12-19-9-5-3-6-10-19/h3,5-6,9-10,15,21,23-26,29-30H,4,7-8,11-14,16-18H2,1-2H3/t21-,23-,24+,25-,26+/m0/s1. The fourth-order valence-corrected chi connectivity index (χ4v) is 5.42. The van der Waals surface area contributed by atoms with Crippen LogP contribution in [0.3, 0.4) is 0 Å². The predicted octanol–water partition coefficient (Wildman–Crippen LogP) is 4.00. The Labute approximate surface area is 182 Å². The molecule has 1 fully saturated rings. The van der Waals surface area contributed by atoms with Gasteiger partial charge in [-0.05, 0) is 76.6 Å². The maximum atomic E-state index is 12.4. The molecule has 0 bridgehead atoms. The molecule has 0 aromatic heterocycles. The predicted molar refractivity (Wildman–Crippen MR) is 121 cm³/mol. The number of fused-ring (bicyclic) bond motifs is 1. The maximum absolute atomic E-state index is 12.4. The van der Waals surface area contributed by atoms with Crippen molar-refractivity contribution in [3.8, 4) is 0 Å². The van der Waals surface area contributed by atoms with E-state index in [1.807, 2.05) is 30.3 Å². The summed E-state index contributed by atoms with van der Waals surface area (Å²) in [6.07, 6.45) is 9.02. The van der Waals surface area contributed by atoms with Gasteiger partial charge in [-0.2, -0.15) is 0 Å². The molecule has 1 saturated carbocycles. The number of aliphatic hydroxyl groups is 2. The summed E-state index contributed by atoms with van der Waals surface area (Å²) in [5.74, 6) is 0.594. The zero-order chi connectivity index (χ0) is 21.5. The first-order valence-electron chi connectivity index (χ1n) is 11.7. The molecule has 30 heavy (non-hydrogen) atoms. The fourth-order valence-electron chi connectivity index (χ4n) is 5.42. The van der Waals surface area contributed by atoms with Crippen LogP contribution in [0.4, 0.5) is 0 Å². The van der Waals surface area contributed by atoms with Gasteiger partial charge in [-0.25, -0.2) is 0 Å². The second-order valence-corrected chi connectivity index (χ2v) is 9.65. The molecule has 0 unspecified atom stereocenters. The molecule has 1 aromatic carbocycles. The van der Waals surface area contributed by atoms with Crippen molar-refractivity contribution in [2.24, 2.45) is 17.8 Å². The summed E-state index contributed by atoms with van der Waals surface area (Å²) in [6.45, 7) is 1.14. The van der Waals surface area contributed by atoms with E-state index < -0.39 is 12.2 Å². The largest absolute Gasteiger partial charge is 0.393 e. The van der Waals surface area contributed by atoms with Gasteiger partial charge in [0, 0.05) is 18.8 Å². The maximum Gasteiger partial charge on any atom is 0.135 e. The van der Waals surface area contributed by atoms with Crippen LogP contribution >= 0.6 is 0 Å². The van der Waals surface area contributed by atoms with Crippen LogP contribution in [0.5, 0.6) is 0 Å². The van der Waals surface area contributed by atoms with E-state index in [0.717, 1.165) is 31.4 Å². The Morgan fingerprint density at radius 2 is 1.90 bits per heavy atom. The van der Waals surface area contributed by atoms with Crippen molar-refractivity contribution in [1.82, 2.24) is 4.90 Å². The van der Waals surface area contributed by atoms with Crippen LogP contribution < -0.4 is 0 Å². The fraction of sp³-hybridized carbons (Fsp3) is 0.654. The quantitative estimate of drug-likeness (QED) is 0.402. The Kier molecular flexibility index (Phi) is 8.67. The molecule has 0 saturated heterocycles. The molecular formula is C26H39NO3. The lowest BCUT2D eigenvalue weighted by Gasteiger charge is -2.26. The van der Waals surface area contributed by atoms with Crippen LogP contribution in [-0.2, 0) is 11.2 Å². The highest BCUT2D eigenvalue weighted by atomic mass is 16.3. The van der Waals surface area contributed by atoms with E-state index >= 15 is 0 Å². The summed E-state index contributed by atoms with van der Waals surface area (Å²) in [6, 6.07) is 10.00. The van der Waals surface area contributed by atoms with Gasteiger partial charge >= 0.3 is 0 Å².